The molecular weight excluding hydrogens is 1240 g/mol. The Morgan fingerprint density at radius 1 is 0.737 bits per heavy atom. The van der Waals surface area contributed by atoms with Crippen molar-refractivity contribution in [2.24, 2.45) is 22.2 Å². The monoisotopic (exact) mass is 1330 g/mol. The molecule has 0 radical (unpaired) electrons. The van der Waals surface area contributed by atoms with Gasteiger partial charge in [-0.25, -0.2) is 13.2 Å². The number of nitrogens with zero attached hydrogens (tertiary/aromatic N) is 4. The molecule has 0 spiro atoms. The van der Waals surface area contributed by atoms with E-state index >= 15 is 0 Å². The van der Waals surface area contributed by atoms with E-state index in [1.54, 1.807) is 0 Å². The minimum Gasteiger partial charge on any atom is -0.748 e. The summed E-state index contributed by atoms with van der Waals surface area (Å²) in [7, 11) is -4.34. The van der Waals surface area contributed by atoms with E-state index in [1.807, 2.05) is 78.9 Å². The number of hydrogen-bond donors (Lipinski definition) is 11. The van der Waals surface area contributed by atoms with Crippen molar-refractivity contribution in [1.82, 2.24) is 31.5 Å². The molecule has 3 aliphatic rings. The van der Waals surface area contributed by atoms with Gasteiger partial charge in [-0.2, -0.15) is 4.58 Å². The quantitative estimate of drug-likeness (QED) is 0.00798. The molecule has 95 heavy (non-hydrogen) atoms. The fraction of sp³-hybridized carbons (Fsp3) is 0.441. The summed E-state index contributed by atoms with van der Waals surface area (Å²) in [5, 5.41) is 46.4. The number of unbranched alkanes of at least 4 members (excludes halogenated alkanes) is 2. The average molecular weight is 1330 g/mol. The van der Waals surface area contributed by atoms with Crippen LogP contribution in [0, 0.1) is 0 Å². The fourth-order valence-electron chi connectivity index (χ4n) is 12.7. The van der Waals surface area contributed by atoms with Gasteiger partial charge in [0.2, 0.25) is 41.1 Å². The summed E-state index contributed by atoms with van der Waals surface area (Å²) >= 11 is 0. The zero-order valence-corrected chi connectivity index (χ0v) is 54.9. The SMILES string of the molecule is CC1(C)C(/C=C/C=C/C=C/C=C2\N(CCC(=O)NCC(=O)N[C@@H](CCCN=C(N)N)C(=O)N[C@@H](CC(=O)O)C(=O)N[C@@H](CO)C(=O)N3CCC[C@H]3C(=O)N[C@@H](CCCCN)C(=O)O)c3ccc4ccccc4c3C2(C)C)=[N+](CCCCS(=O)(=O)[O-])c2ccc3ccccc3c21. The fourth-order valence-corrected chi connectivity index (χ4v) is 13.3. The number of fused-ring (bicyclic) bond motifs is 6. The Kier molecular flexibility index (Phi) is 25.5. The van der Waals surface area contributed by atoms with E-state index in [1.165, 1.54) is 5.56 Å². The van der Waals surface area contributed by atoms with Crippen LogP contribution in [0.25, 0.3) is 21.5 Å². The number of amides is 6. The number of hydrogen-bond acceptors (Lipinski definition) is 15. The Morgan fingerprint density at radius 2 is 1.38 bits per heavy atom. The Hall–Kier alpha value is -9.31. The molecule has 14 N–H and O–H groups in total. The van der Waals surface area contributed by atoms with Crippen molar-refractivity contribution in [3.63, 3.8) is 0 Å². The minimum atomic E-state index is -4.34. The predicted molar refractivity (Wildman–Crippen MR) is 360 cm³/mol. The molecule has 5 atom stereocenters. The maximum absolute atomic E-state index is 14.0. The summed E-state index contributed by atoms with van der Waals surface area (Å²) in [6.45, 7) is 8.01. The van der Waals surface area contributed by atoms with Gasteiger partial charge in [-0.05, 0) is 117 Å². The third kappa shape index (κ3) is 19.0. The number of aliphatic hydroxyl groups is 1. The molecule has 0 saturated carbocycles. The molecule has 3 heterocycles. The number of carbonyl (C=O) groups excluding carboxylic acids is 6. The van der Waals surface area contributed by atoms with Crippen LogP contribution in [-0.4, -0.2) is 179 Å². The van der Waals surface area contributed by atoms with Crippen molar-refractivity contribution < 1.29 is 71.2 Å². The first-order chi connectivity index (χ1) is 45.2. The first kappa shape index (κ1) is 73.1. The number of rotatable bonds is 34. The summed E-state index contributed by atoms with van der Waals surface area (Å²) in [6, 6.07) is 17.0. The number of carboxylic acid groups (broad SMARTS) is 2. The van der Waals surface area contributed by atoms with Crippen molar-refractivity contribution in [3.8, 4) is 0 Å². The van der Waals surface area contributed by atoms with Gasteiger partial charge < -0.3 is 73.5 Å². The van der Waals surface area contributed by atoms with E-state index in [4.69, 9.17) is 17.2 Å². The van der Waals surface area contributed by atoms with Gasteiger partial charge in [0, 0.05) is 72.7 Å². The third-order valence-corrected chi connectivity index (χ3v) is 18.1. The van der Waals surface area contributed by atoms with Crippen LogP contribution in [0.5, 0.6) is 0 Å². The second-order valence-electron chi connectivity index (χ2n) is 24.8. The standard InChI is InChI=1S/C68H88N12O14S/c1-67(2)54(78(36-16-17-39-95(92,93)94)51-31-29-43-20-10-12-22-45(43)59(51)67)27-8-6-5-7-9-28-55-68(3,4)60-46-23-13-11-21-44(46)30-32-52(60)79(55)38-33-56(82)73-41-57(83)74-47(25-18-35-72-66(70)71)61(86)76-49(40-58(84)85)62(87)77-50(42-81)64(89)80-37-19-26-53(80)63(88)75-48(65(90)91)24-14-15-34-69/h5-13,20-23,27-32,47-50,53,81H,14-19,24-26,33-42,69H2,1-4H3,(H11-,70,71,72,73,74,75,76,77,82,83,84,85,86,87,88,90,91,92,93,94)/t47-,48-,49-,50-,53-/m0/s1. The molecule has 0 aromatic heterocycles. The van der Waals surface area contributed by atoms with Crippen LogP contribution < -0.4 is 48.7 Å². The molecule has 3 aliphatic heterocycles. The summed E-state index contributed by atoms with van der Waals surface area (Å²) in [5.74, 6) is -8.73. The number of nitrogens with one attached hydrogen (secondary N) is 5. The maximum atomic E-state index is 14.0. The number of likely N-dealkylation sites (tertiary alicyclic amines) is 1. The Labute approximate surface area is 552 Å². The zero-order chi connectivity index (χ0) is 69.2. The van der Waals surface area contributed by atoms with Crippen molar-refractivity contribution in [3.05, 3.63) is 132 Å². The number of guanidine groups is 1. The lowest BCUT2D eigenvalue weighted by atomic mass is 9.79. The Balaban J connectivity index is 1.01. The van der Waals surface area contributed by atoms with Gasteiger partial charge in [0.25, 0.3) is 0 Å². The highest BCUT2D eigenvalue weighted by Crippen LogP contribution is 2.51. The van der Waals surface area contributed by atoms with E-state index in [0.29, 0.717) is 38.8 Å². The number of carbonyl (C=O) groups is 8. The molecule has 7 rings (SSSR count). The second-order valence-corrected chi connectivity index (χ2v) is 26.3. The summed E-state index contributed by atoms with van der Waals surface area (Å²) < 4.78 is 36.5. The molecule has 1 saturated heterocycles. The lowest BCUT2D eigenvalue weighted by Crippen LogP contribution is -2.60. The Bertz CT molecular complexity index is 3840. The number of allylic oxidation sites excluding steroid dienone is 8. The number of nitrogens with two attached hydrogens (primary N) is 3. The highest BCUT2D eigenvalue weighted by Gasteiger charge is 2.46. The number of carboxylic acids is 2. The molecule has 0 bridgehead atoms. The van der Waals surface area contributed by atoms with Crippen molar-refractivity contribution in [2.75, 3.05) is 56.5 Å². The van der Waals surface area contributed by atoms with Gasteiger partial charge in [-0.15, -0.1) is 0 Å². The van der Waals surface area contributed by atoms with E-state index in [-0.39, 0.29) is 64.1 Å². The molecule has 4 aromatic carbocycles. The first-order valence-corrected chi connectivity index (χ1v) is 33.5. The van der Waals surface area contributed by atoms with Crippen LogP contribution in [0.15, 0.2) is 126 Å². The predicted octanol–water partition coefficient (Wildman–Crippen LogP) is 3.22. The largest absolute Gasteiger partial charge is 0.748 e. The minimum absolute atomic E-state index is 0.00420. The van der Waals surface area contributed by atoms with E-state index in [0.717, 1.165) is 54.8 Å². The van der Waals surface area contributed by atoms with Crippen LogP contribution in [-0.2, 0) is 59.3 Å². The number of benzene rings is 4. The average Bonchev–Trinajstić information content (AvgIpc) is 1.59. The molecule has 0 aliphatic carbocycles. The summed E-state index contributed by atoms with van der Waals surface area (Å²) in [4.78, 5) is 113. The highest BCUT2D eigenvalue weighted by atomic mass is 32.2. The van der Waals surface area contributed by atoms with Crippen LogP contribution in [0.4, 0.5) is 11.4 Å². The molecule has 6 amide bonds. The zero-order valence-electron chi connectivity index (χ0n) is 54.1. The van der Waals surface area contributed by atoms with Gasteiger partial charge in [0.05, 0.1) is 35.1 Å². The first-order valence-electron chi connectivity index (χ1n) is 31.9. The number of aliphatic imine (C=N–C) groups is 1. The maximum Gasteiger partial charge on any atom is 0.326 e. The van der Waals surface area contributed by atoms with Gasteiger partial charge in [0.15, 0.2) is 11.7 Å². The van der Waals surface area contributed by atoms with Crippen molar-refractivity contribution in [2.45, 2.75) is 139 Å². The van der Waals surface area contributed by atoms with Gasteiger partial charge in [-0.1, -0.05) is 98.8 Å². The van der Waals surface area contributed by atoms with Crippen LogP contribution in [0.2, 0.25) is 0 Å². The van der Waals surface area contributed by atoms with E-state index in [9.17, 15) is 66.6 Å². The normalized spacial score (nSPS) is 17.4. The third-order valence-electron chi connectivity index (χ3n) is 17.3. The van der Waals surface area contributed by atoms with Gasteiger partial charge in [0.1, 0.15) is 36.8 Å². The molecular formula is C68H88N12O14S. The molecule has 0 unspecified atom stereocenters. The molecule has 4 aromatic rings. The summed E-state index contributed by atoms with van der Waals surface area (Å²) in [5.41, 5.74) is 21.6. The van der Waals surface area contributed by atoms with Crippen LogP contribution in [0.3, 0.4) is 0 Å². The number of aliphatic carboxylic acids is 2. The van der Waals surface area contributed by atoms with E-state index < -0.39 is 124 Å². The van der Waals surface area contributed by atoms with Gasteiger partial charge in [-0.3, -0.25) is 38.6 Å². The molecule has 510 valence electrons. The molecule has 27 heteroatoms. The second kappa shape index (κ2) is 33.2. The van der Waals surface area contributed by atoms with Crippen LogP contribution in [0.1, 0.15) is 109 Å². The van der Waals surface area contributed by atoms with Crippen molar-refractivity contribution in [1.29, 1.82) is 0 Å². The highest BCUT2D eigenvalue weighted by molar-refractivity contribution is 7.85. The van der Waals surface area contributed by atoms with Crippen LogP contribution >= 0.6 is 0 Å². The molecule has 26 nitrogen and oxygen atoms in total. The van der Waals surface area contributed by atoms with Crippen molar-refractivity contribution >= 4 is 102 Å². The lowest BCUT2D eigenvalue weighted by Gasteiger charge is -2.29. The smallest absolute Gasteiger partial charge is 0.326 e. The summed E-state index contributed by atoms with van der Waals surface area (Å²) in [6.07, 6.45) is 14.8. The van der Waals surface area contributed by atoms with E-state index in [2.05, 4.69) is 105 Å². The number of anilines is 1. The Morgan fingerprint density at radius 3 is 2.04 bits per heavy atom. The molecule has 1 fully saturated rings. The number of aliphatic hydroxyl groups excluding tert-OH is 1. The lowest BCUT2D eigenvalue weighted by molar-refractivity contribution is -0.438. The topological polar surface area (TPSA) is 415 Å². The van der Waals surface area contributed by atoms with Gasteiger partial charge >= 0.3 is 11.9 Å².